The van der Waals surface area contributed by atoms with E-state index in [-0.39, 0.29) is 23.7 Å². The fraction of sp³-hybridized carbons (Fsp3) is 0.414. The summed E-state index contributed by atoms with van der Waals surface area (Å²) in [6.07, 6.45) is -0.492. The minimum Gasteiger partial charge on any atom is -0.494 e. The number of rotatable bonds is 10. The Morgan fingerprint density at radius 1 is 1.07 bits per heavy atom. The molecule has 0 spiro atoms. The molecule has 240 valence electrons. The van der Waals surface area contributed by atoms with Crippen molar-refractivity contribution in [3.8, 4) is 34.6 Å². The van der Waals surface area contributed by atoms with Gasteiger partial charge in [0.15, 0.2) is 22.9 Å². The molecule has 2 unspecified atom stereocenters. The maximum Gasteiger partial charge on any atom is 0.410 e. The van der Waals surface area contributed by atoms with E-state index in [1.807, 2.05) is 6.92 Å². The number of ether oxygens (including phenoxy) is 4. The van der Waals surface area contributed by atoms with Crippen LogP contribution in [0, 0.1) is 0 Å². The van der Waals surface area contributed by atoms with Gasteiger partial charge in [0.1, 0.15) is 28.5 Å². The third-order valence-electron chi connectivity index (χ3n) is 6.75. The number of fused-ring (bicyclic) bond motifs is 1. The summed E-state index contributed by atoms with van der Waals surface area (Å²) < 4.78 is 52.6. The minimum absolute atomic E-state index is 0.0357. The van der Waals surface area contributed by atoms with Gasteiger partial charge in [0.05, 0.1) is 51.5 Å². The van der Waals surface area contributed by atoms with Crippen LogP contribution in [0.2, 0.25) is 0 Å². The Hall–Kier alpha value is -4.70. The molecule has 3 aromatic heterocycles. The van der Waals surface area contributed by atoms with E-state index in [4.69, 9.17) is 18.9 Å². The van der Waals surface area contributed by atoms with E-state index in [1.165, 1.54) is 25.3 Å². The quantitative estimate of drug-likeness (QED) is 0.259. The molecule has 1 amide bonds. The molecule has 0 bridgehead atoms. The van der Waals surface area contributed by atoms with E-state index >= 15 is 0 Å². The van der Waals surface area contributed by atoms with Crippen molar-refractivity contribution >= 4 is 33.2 Å². The second-order valence-electron chi connectivity index (χ2n) is 11.1. The SMILES string of the molecule is CCOc1cccc(-c2nc3nc(NS(=O)(=O)CC4C(O)CN4C(=O)OC(C)(C)C)cnc3n2-c2c(OC)cccc2OC)n1. The van der Waals surface area contributed by atoms with Gasteiger partial charge in [0.2, 0.25) is 15.9 Å². The number of amides is 1. The summed E-state index contributed by atoms with van der Waals surface area (Å²) in [5.74, 6) is 0.916. The van der Waals surface area contributed by atoms with Crippen LogP contribution in [0.3, 0.4) is 0 Å². The van der Waals surface area contributed by atoms with Crippen LogP contribution in [0.15, 0.2) is 42.6 Å². The number of nitrogens with one attached hydrogen (secondary N) is 1. The van der Waals surface area contributed by atoms with E-state index < -0.39 is 39.6 Å². The van der Waals surface area contributed by atoms with Gasteiger partial charge in [-0.15, -0.1) is 0 Å². The number of aromatic nitrogens is 5. The Labute approximate surface area is 260 Å². The molecule has 1 saturated heterocycles. The summed E-state index contributed by atoms with van der Waals surface area (Å²) in [5, 5.41) is 10.3. The van der Waals surface area contributed by atoms with E-state index in [0.29, 0.717) is 41.2 Å². The smallest absolute Gasteiger partial charge is 0.410 e. The van der Waals surface area contributed by atoms with Crippen LogP contribution in [-0.2, 0) is 14.8 Å². The fourth-order valence-electron chi connectivity index (χ4n) is 4.79. The number of benzene rings is 1. The molecule has 1 aliphatic rings. The number of hydrogen-bond acceptors (Lipinski definition) is 12. The second-order valence-corrected chi connectivity index (χ2v) is 12.9. The summed E-state index contributed by atoms with van der Waals surface area (Å²) in [6, 6.07) is 9.51. The van der Waals surface area contributed by atoms with Crippen LogP contribution in [0.25, 0.3) is 28.5 Å². The van der Waals surface area contributed by atoms with Crippen LogP contribution in [0.5, 0.6) is 17.4 Å². The molecule has 0 saturated carbocycles. The number of aliphatic hydroxyl groups excluding tert-OH is 1. The first-order valence-corrected chi connectivity index (χ1v) is 15.7. The highest BCUT2D eigenvalue weighted by Crippen LogP contribution is 2.38. The monoisotopic (exact) mass is 641 g/mol. The molecule has 45 heavy (non-hydrogen) atoms. The molecule has 1 aromatic carbocycles. The number of carbonyl (C=O) groups is 1. The summed E-state index contributed by atoms with van der Waals surface area (Å²) in [7, 11) is -1.07. The lowest BCUT2D eigenvalue weighted by molar-refractivity contribution is -0.0627. The van der Waals surface area contributed by atoms with Crippen molar-refractivity contribution < 1.29 is 37.3 Å². The lowest BCUT2D eigenvalue weighted by Gasteiger charge is -2.44. The van der Waals surface area contributed by atoms with Gasteiger partial charge in [-0.2, -0.15) is 0 Å². The fourth-order valence-corrected chi connectivity index (χ4v) is 6.15. The van der Waals surface area contributed by atoms with Gasteiger partial charge >= 0.3 is 6.09 Å². The van der Waals surface area contributed by atoms with E-state index in [9.17, 15) is 18.3 Å². The van der Waals surface area contributed by atoms with Gasteiger partial charge in [-0.3, -0.25) is 14.2 Å². The van der Waals surface area contributed by atoms with Gasteiger partial charge in [0, 0.05) is 6.07 Å². The molecule has 16 heteroatoms. The number of pyridine rings is 1. The average Bonchev–Trinajstić information content (AvgIpc) is 3.35. The molecule has 15 nitrogen and oxygen atoms in total. The summed E-state index contributed by atoms with van der Waals surface area (Å²) >= 11 is 0. The highest BCUT2D eigenvalue weighted by molar-refractivity contribution is 7.92. The number of para-hydroxylation sites is 1. The summed E-state index contributed by atoms with van der Waals surface area (Å²) in [5.41, 5.74) is 0.496. The lowest BCUT2D eigenvalue weighted by Crippen LogP contribution is -2.65. The normalized spacial score (nSPS) is 16.6. The molecule has 2 N–H and O–H groups in total. The van der Waals surface area contributed by atoms with Gasteiger partial charge in [-0.05, 0) is 45.9 Å². The minimum atomic E-state index is -4.11. The van der Waals surface area contributed by atoms with E-state index in [0.717, 1.165) is 0 Å². The zero-order valence-corrected chi connectivity index (χ0v) is 26.5. The molecule has 1 fully saturated rings. The number of anilines is 1. The summed E-state index contributed by atoms with van der Waals surface area (Å²) in [6.45, 7) is 7.32. The van der Waals surface area contributed by atoms with Crippen molar-refractivity contribution in [3.05, 3.63) is 42.6 Å². The standard InChI is InChI=1S/C29H35N7O8S/c1-7-43-23-13-8-10-17(31-23)26-33-25-27(36(26)24-20(41-5)11-9-12-21(24)42-6)30-14-22(32-25)34-45(39,40)16-18-19(37)15-35(18)28(38)44-29(2,3)4/h8-14,18-19,37H,7,15-16H2,1-6H3,(H,32,34). The van der Waals surface area contributed by atoms with E-state index in [1.54, 1.807) is 61.7 Å². The zero-order chi connectivity index (χ0) is 32.5. The largest absolute Gasteiger partial charge is 0.494 e. The maximum absolute atomic E-state index is 13.2. The van der Waals surface area contributed by atoms with Crippen LogP contribution in [0.4, 0.5) is 10.6 Å². The van der Waals surface area contributed by atoms with Gasteiger partial charge in [0.25, 0.3) is 0 Å². The Kier molecular flexibility index (Phi) is 8.71. The number of hydrogen-bond donors (Lipinski definition) is 2. The summed E-state index contributed by atoms with van der Waals surface area (Å²) in [4.78, 5) is 31.9. The molecule has 4 heterocycles. The third kappa shape index (κ3) is 6.71. The zero-order valence-electron chi connectivity index (χ0n) is 25.7. The molecular weight excluding hydrogens is 606 g/mol. The van der Waals surface area contributed by atoms with Gasteiger partial charge in [-0.1, -0.05) is 12.1 Å². The van der Waals surface area contributed by atoms with Crippen molar-refractivity contribution in [1.29, 1.82) is 0 Å². The Bertz CT molecular complexity index is 1800. The van der Waals surface area contributed by atoms with Crippen LogP contribution in [0.1, 0.15) is 27.7 Å². The first-order chi connectivity index (χ1) is 21.3. The van der Waals surface area contributed by atoms with Gasteiger partial charge in [-0.25, -0.2) is 33.1 Å². The average molecular weight is 642 g/mol. The molecule has 2 atom stereocenters. The highest BCUT2D eigenvalue weighted by Gasteiger charge is 2.45. The number of sulfonamides is 1. The van der Waals surface area contributed by atoms with Crippen molar-refractivity contribution in [2.75, 3.05) is 37.8 Å². The van der Waals surface area contributed by atoms with Crippen LogP contribution >= 0.6 is 0 Å². The van der Waals surface area contributed by atoms with E-state index in [2.05, 4.69) is 24.7 Å². The molecule has 4 aromatic rings. The molecular formula is C29H35N7O8S. The van der Waals surface area contributed by atoms with Gasteiger partial charge < -0.3 is 24.1 Å². The third-order valence-corrected chi connectivity index (χ3v) is 8.05. The van der Waals surface area contributed by atoms with Crippen LogP contribution in [-0.4, -0.2) is 99.9 Å². The molecule has 0 aliphatic carbocycles. The van der Waals surface area contributed by atoms with Crippen molar-refractivity contribution in [2.24, 2.45) is 0 Å². The first-order valence-electron chi connectivity index (χ1n) is 14.1. The first kappa shape index (κ1) is 31.7. The van der Waals surface area contributed by atoms with Crippen molar-refractivity contribution in [3.63, 3.8) is 0 Å². The number of β-amino-alcohol motifs (C(OH)–C–C–N with tert-alkyl or cyclic N) is 1. The predicted molar refractivity (Wildman–Crippen MR) is 164 cm³/mol. The van der Waals surface area contributed by atoms with Crippen molar-refractivity contribution in [1.82, 2.24) is 29.4 Å². The maximum atomic E-state index is 13.2. The van der Waals surface area contributed by atoms with Crippen molar-refractivity contribution in [2.45, 2.75) is 45.4 Å². The molecule has 1 aliphatic heterocycles. The number of imidazole rings is 1. The highest BCUT2D eigenvalue weighted by atomic mass is 32.2. The molecule has 0 radical (unpaired) electrons. The number of methoxy groups -OCH3 is 2. The number of nitrogens with zero attached hydrogens (tertiary/aromatic N) is 6. The number of aliphatic hydroxyl groups is 1. The Morgan fingerprint density at radius 2 is 1.76 bits per heavy atom. The Morgan fingerprint density at radius 3 is 2.38 bits per heavy atom. The topological polar surface area (TPSA) is 180 Å². The Balaban J connectivity index is 1.53. The number of likely N-dealkylation sites (tertiary alicyclic amines) is 1. The predicted octanol–water partition coefficient (Wildman–Crippen LogP) is 3.02. The van der Waals surface area contributed by atoms with Crippen LogP contribution < -0.4 is 18.9 Å². The second kappa shape index (κ2) is 12.4. The molecule has 5 rings (SSSR count). The number of carbonyl (C=O) groups excluding carboxylic acids is 1. The lowest BCUT2D eigenvalue weighted by atomic mass is 10.0.